The molecule has 2 N–H and O–H groups in total. The second-order valence-electron chi connectivity index (χ2n) is 7.39. The van der Waals surface area contributed by atoms with Crippen LogP contribution in [-0.2, 0) is 4.79 Å². The average Bonchev–Trinajstić information content (AvgIpc) is 2.69. The molecular formula is C20H35Cl2N5O. The van der Waals surface area contributed by atoms with E-state index in [4.69, 9.17) is 0 Å². The van der Waals surface area contributed by atoms with E-state index in [9.17, 15) is 4.79 Å². The van der Waals surface area contributed by atoms with Gasteiger partial charge >= 0.3 is 0 Å². The Morgan fingerprint density at radius 1 is 1.04 bits per heavy atom. The molecule has 0 saturated carbocycles. The zero-order valence-electron chi connectivity index (χ0n) is 16.8. The Kier molecular flexibility index (Phi) is 12.0. The Balaban J connectivity index is 0.00000196. The fourth-order valence-corrected chi connectivity index (χ4v) is 3.79. The van der Waals surface area contributed by atoms with Crippen LogP contribution in [0.4, 0.5) is 0 Å². The maximum atomic E-state index is 13.0. The Hall–Kier alpha value is -0.890. The second kappa shape index (κ2) is 13.4. The minimum absolute atomic E-state index is 0. The molecule has 2 saturated heterocycles. The first-order valence-corrected chi connectivity index (χ1v) is 9.92. The quantitative estimate of drug-likeness (QED) is 0.635. The lowest BCUT2D eigenvalue weighted by Gasteiger charge is -2.37. The number of hydrogen-bond acceptors (Lipinski definition) is 5. The van der Waals surface area contributed by atoms with Crippen LogP contribution in [0.3, 0.4) is 0 Å². The summed E-state index contributed by atoms with van der Waals surface area (Å²) in [5, 5.41) is 6.57. The van der Waals surface area contributed by atoms with Crippen LogP contribution in [0, 0.1) is 0 Å². The minimum atomic E-state index is -0.177. The van der Waals surface area contributed by atoms with E-state index in [1.165, 1.54) is 0 Å². The van der Waals surface area contributed by atoms with Gasteiger partial charge in [0.2, 0.25) is 5.91 Å². The summed E-state index contributed by atoms with van der Waals surface area (Å²) in [7, 11) is 2.14. The van der Waals surface area contributed by atoms with Crippen LogP contribution >= 0.6 is 24.8 Å². The van der Waals surface area contributed by atoms with Crippen LogP contribution in [0.1, 0.15) is 18.0 Å². The number of piperazine rings is 2. The predicted molar refractivity (Wildman–Crippen MR) is 120 cm³/mol. The molecule has 2 fully saturated rings. The van der Waals surface area contributed by atoms with Crippen molar-refractivity contribution in [3.63, 3.8) is 0 Å². The van der Waals surface area contributed by atoms with E-state index >= 15 is 0 Å². The van der Waals surface area contributed by atoms with Gasteiger partial charge in [-0.1, -0.05) is 30.3 Å². The van der Waals surface area contributed by atoms with Crippen molar-refractivity contribution in [3.05, 3.63) is 35.9 Å². The number of benzene rings is 1. The van der Waals surface area contributed by atoms with E-state index < -0.39 is 0 Å². The van der Waals surface area contributed by atoms with Gasteiger partial charge in [-0.15, -0.1) is 24.8 Å². The maximum absolute atomic E-state index is 13.0. The molecule has 1 aromatic carbocycles. The first kappa shape index (κ1) is 25.1. The summed E-state index contributed by atoms with van der Waals surface area (Å²) in [4.78, 5) is 20.1. The first-order valence-electron chi connectivity index (χ1n) is 9.92. The average molecular weight is 432 g/mol. The molecule has 0 bridgehead atoms. The number of carbonyl (C=O) groups is 1. The van der Waals surface area contributed by atoms with Gasteiger partial charge in [0.05, 0.1) is 0 Å². The smallest absolute Gasteiger partial charge is 0.241 e. The number of carbonyl (C=O) groups excluding carboxylic acids is 1. The molecule has 1 aromatic rings. The second-order valence-corrected chi connectivity index (χ2v) is 7.39. The molecule has 6 nitrogen and oxygen atoms in total. The molecular weight excluding hydrogens is 397 g/mol. The van der Waals surface area contributed by atoms with Crippen LogP contribution in [0.15, 0.2) is 30.3 Å². The Morgan fingerprint density at radius 3 is 2.32 bits per heavy atom. The van der Waals surface area contributed by atoms with Gasteiger partial charge in [0.15, 0.2) is 0 Å². The van der Waals surface area contributed by atoms with Crippen molar-refractivity contribution in [2.24, 2.45) is 0 Å². The number of likely N-dealkylation sites (N-methyl/N-ethyl adjacent to an activating group) is 1. The highest BCUT2D eigenvalue weighted by molar-refractivity contribution is 5.85. The lowest BCUT2D eigenvalue weighted by atomic mass is 10.0. The molecule has 8 heteroatoms. The molecule has 1 unspecified atom stereocenters. The van der Waals surface area contributed by atoms with Crippen LogP contribution in [0.25, 0.3) is 0 Å². The number of rotatable bonds is 7. The highest BCUT2D eigenvalue weighted by Gasteiger charge is 2.29. The molecule has 2 aliphatic heterocycles. The van der Waals surface area contributed by atoms with Crippen LogP contribution in [0.2, 0.25) is 0 Å². The molecule has 1 atom stereocenters. The molecule has 2 heterocycles. The molecule has 2 aliphatic rings. The lowest BCUT2D eigenvalue weighted by molar-refractivity contribution is -0.127. The van der Waals surface area contributed by atoms with E-state index in [2.05, 4.69) is 44.5 Å². The highest BCUT2D eigenvalue weighted by Crippen LogP contribution is 2.22. The first-order chi connectivity index (χ1) is 12.7. The molecule has 0 aromatic heterocycles. The number of hydrogen-bond donors (Lipinski definition) is 2. The van der Waals surface area contributed by atoms with Crippen LogP contribution in [0.5, 0.6) is 0 Å². The SMILES string of the molecule is CN1CCN(C(C(=O)NCCCN2CCNCC2)c2ccccc2)CC1.Cl.Cl. The largest absolute Gasteiger partial charge is 0.354 e. The standard InChI is InChI=1S/C20H33N5O.2ClH/c1-23-14-16-25(17-15-23)19(18-6-3-2-4-7-18)20(26)22-8-5-11-24-12-9-21-10-13-24;;/h2-4,6-7,19,21H,5,8-17H2,1H3,(H,22,26);2*1H. The van der Waals surface area contributed by atoms with Gasteiger partial charge in [0, 0.05) is 58.9 Å². The summed E-state index contributed by atoms with van der Waals surface area (Å²) in [5.41, 5.74) is 1.09. The Bertz CT molecular complexity index is 549. The maximum Gasteiger partial charge on any atom is 0.241 e. The van der Waals surface area contributed by atoms with Crippen molar-refractivity contribution in [2.45, 2.75) is 12.5 Å². The molecule has 1 amide bonds. The third-order valence-corrected chi connectivity index (χ3v) is 5.43. The Labute approximate surface area is 181 Å². The van der Waals surface area contributed by atoms with Crippen molar-refractivity contribution in [1.82, 2.24) is 25.3 Å². The van der Waals surface area contributed by atoms with Crippen LogP contribution < -0.4 is 10.6 Å². The fraction of sp³-hybridized carbons (Fsp3) is 0.650. The predicted octanol–water partition coefficient (Wildman–Crippen LogP) is 1.23. The summed E-state index contributed by atoms with van der Waals surface area (Å²) in [5.74, 6) is 0.140. The summed E-state index contributed by atoms with van der Waals surface area (Å²) in [6, 6.07) is 10.0. The van der Waals surface area contributed by atoms with Gasteiger partial charge in [-0.25, -0.2) is 0 Å². The van der Waals surface area contributed by atoms with E-state index in [-0.39, 0.29) is 36.8 Å². The van der Waals surface area contributed by atoms with E-state index in [0.717, 1.165) is 77.4 Å². The van der Waals surface area contributed by atoms with Crippen molar-refractivity contribution in [2.75, 3.05) is 72.5 Å². The fourth-order valence-electron chi connectivity index (χ4n) is 3.79. The van der Waals surface area contributed by atoms with E-state index in [0.29, 0.717) is 0 Å². The van der Waals surface area contributed by atoms with Gasteiger partial charge in [-0.05, 0) is 25.6 Å². The molecule has 0 aliphatic carbocycles. The minimum Gasteiger partial charge on any atom is -0.354 e. The number of halogens is 2. The van der Waals surface area contributed by atoms with Crippen molar-refractivity contribution in [1.29, 1.82) is 0 Å². The Morgan fingerprint density at radius 2 is 1.68 bits per heavy atom. The number of nitrogens with one attached hydrogen (secondary N) is 2. The topological polar surface area (TPSA) is 50.9 Å². The monoisotopic (exact) mass is 431 g/mol. The van der Waals surface area contributed by atoms with Crippen molar-refractivity contribution in [3.8, 4) is 0 Å². The zero-order chi connectivity index (χ0) is 18.2. The van der Waals surface area contributed by atoms with Gasteiger partial charge < -0.3 is 20.4 Å². The normalized spacial score (nSPS) is 19.9. The van der Waals surface area contributed by atoms with Crippen molar-refractivity contribution < 1.29 is 4.79 Å². The molecule has 3 rings (SSSR count). The molecule has 0 radical (unpaired) electrons. The van der Waals surface area contributed by atoms with E-state index in [1.807, 2.05) is 18.2 Å². The van der Waals surface area contributed by atoms with Gasteiger partial charge in [-0.2, -0.15) is 0 Å². The third-order valence-electron chi connectivity index (χ3n) is 5.43. The highest BCUT2D eigenvalue weighted by atomic mass is 35.5. The molecule has 0 spiro atoms. The summed E-state index contributed by atoms with van der Waals surface area (Å²) >= 11 is 0. The van der Waals surface area contributed by atoms with Crippen molar-refractivity contribution >= 4 is 30.7 Å². The summed E-state index contributed by atoms with van der Waals surface area (Å²) < 4.78 is 0. The van der Waals surface area contributed by atoms with Crippen LogP contribution in [-0.4, -0.2) is 93.1 Å². The number of nitrogens with zero attached hydrogens (tertiary/aromatic N) is 3. The van der Waals surface area contributed by atoms with Gasteiger partial charge in [0.1, 0.15) is 6.04 Å². The third kappa shape index (κ3) is 7.50. The summed E-state index contributed by atoms with van der Waals surface area (Å²) in [6.07, 6.45) is 1.01. The molecule has 28 heavy (non-hydrogen) atoms. The van der Waals surface area contributed by atoms with Gasteiger partial charge in [-0.3, -0.25) is 9.69 Å². The molecule has 160 valence electrons. The number of amides is 1. The van der Waals surface area contributed by atoms with E-state index in [1.54, 1.807) is 0 Å². The zero-order valence-corrected chi connectivity index (χ0v) is 18.4. The van der Waals surface area contributed by atoms with Gasteiger partial charge in [0.25, 0.3) is 0 Å². The lowest BCUT2D eigenvalue weighted by Crippen LogP contribution is -2.50. The summed E-state index contributed by atoms with van der Waals surface area (Å²) in [6.45, 7) is 10.1.